The van der Waals surface area contributed by atoms with Crippen LogP contribution in [0.5, 0.6) is 5.75 Å². The Bertz CT molecular complexity index is 850. The number of hydrogen-bond acceptors (Lipinski definition) is 4. The maximum Gasteiger partial charge on any atom is 0.257 e. The van der Waals surface area contributed by atoms with Gasteiger partial charge in [-0.1, -0.05) is 13.0 Å². The molecule has 2 rings (SSSR count). The van der Waals surface area contributed by atoms with Crippen LogP contribution < -0.4 is 15.4 Å². The Hall–Kier alpha value is -2.93. The fourth-order valence-electron chi connectivity index (χ4n) is 2.32. The third kappa shape index (κ3) is 6.06. The number of rotatable bonds is 6. The quantitative estimate of drug-likeness (QED) is 0.725. The molecule has 148 valence electrons. The van der Waals surface area contributed by atoms with Crippen LogP contribution in [0.15, 0.2) is 48.5 Å². The second kappa shape index (κ2) is 9.85. The first-order valence-corrected chi connectivity index (χ1v) is 9.41. The second-order valence-corrected chi connectivity index (χ2v) is 6.96. The molecule has 0 aliphatic carbocycles. The number of nitrogens with one attached hydrogen (secondary N) is 2. The van der Waals surface area contributed by atoms with Crippen molar-refractivity contribution in [3.05, 3.63) is 59.7 Å². The Kier molecular flexibility index (Phi) is 7.52. The molecule has 0 saturated carbocycles. The molecule has 1 atom stereocenters. The van der Waals surface area contributed by atoms with Crippen molar-refractivity contribution in [1.29, 1.82) is 0 Å². The van der Waals surface area contributed by atoms with E-state index in [1.807, 2.05) is 19.9 Å². The molecule has 0 radical (unpaired) electrons. The zero-order chi connectivity index (χ0) is 20.7. The Morgan fingerprint density at radius 3 is 2.39 bits per heavy atom. The number of amides is 2. The van der Waals surface area contributed by atoms with Gasteiger partial charge >= 0.3 is 0 Å². The van der Waals surface area contributed by atoms with Crippen molar-refractivity contribution in [3.63, 3.8) is 0 Å². The lowest BCUT2D eigenvalue weighted by atomic mass is 10.2. The van der Waals surface area contributed by atoms with Crippen molar-refractivity contribution in [2.24, 2.45) is 0 Å². The van der Waals surface area contributed by atoms with Gasteiger partial charge in [-0.05, 0) is 68.0 Å². The van der Waals surface area contributed by atoms with Crippen molar-refractivity contribution in [2.75, 3.05) is 19.4 Å². The topological polar surface area (TPSA) is 70.7 Å². The van der Waals surface area contributed by atoms with Gasteiger partial charge in [-0.2, -0.15) is 0 Å². The molecule has 0 aliphatic heterocycles. The first-order chi connectivity index (χ1) is 13.3. The smallest absolute Gasteiger partial charge is 0.257 e. The third-order valence-electron chi connectivity index (χ3n) is 4.03. The summed E-state index contributed by atoms with van der Waals surface area (Å²) in [5.41, 5.74) is 1.70. The molecule has 2 aromatic carbocycles. The SMILES string of the molecule is CCC(C)Oc1cccc(C(=O)NC(=S)Nc2ccc(C(=O)N(C)C)cc2)c1. The molecule has 1 unspecified atom stereocenters. The van der Waals surface area contributed by atoms with E-state index in [1.165, 1.54) is 4.90 Å². The number of carbonyl (C=O) groups excluding carboxylic acids is 2. The van der Waals surface area contributed by atoms with E-state index in [0.717, 1.165) is 6.42 Å². The van der Waals surface area contributed by atoms with Crippen molar-refractivity contribution in [2.45, 2.75) is 26.4 Å². The molecule has 0 aromatic heterocycles. The summed E-state index contributed by atoms with van der Waals surface area (Å²) in [5.74, 6) is 0.232. The minimum Gasteiger partial charge on any atom is -0.491 e. The molecule has 2 aromatic rings. The summed E-state index contributed by atoms with van der Waals surface area (Å²) >= 11 is 5.21. The number of hydrogen-bond donors (Lipinski definition) is 2. The van der Waals surface area contributed by atoms with E-state index in [4.69, 9.17) is 17.0 Å². The van der Waals surface area contributed by atoms with Crippen LogP contribution in [-0.4, -0.2) is 42.0 Å². The average Bonchev–Trinajstić information content (AvgIpc) is 2.67. The van der Waals surface area contributed by atoms with Gasteiger partial charge in [0.15, 0.2) is 5.11 Å². The van der Waals surface area contributed by atoms with Crippen LogP contribution in [0, 0.1) is 0 Å². The summed E-state index contributed by atoms with van der Waals surface area (Å²) in [4.78, 5) is 25.8. The summed E-state index contributed by atoms with van der Waals surface area (Å²) < 4.78 is 5.74. The maximum absolute atomic E-state index is 12.4. The second-order valence-electron chi connectivity index (χ2n) is 6.55. The van der Waals surface area contributed by atoms with Gasteiger partial charge < -0.3 is 15.0 Å². The molecule has 0 aliphatic rings. The highest BCUT2D eigenvalue weighted by atomic mass is 32.1. The van der Waals surface area contributed by atoms with E-state index in [9.17, 15) is 9.59 Å². The first-order valence-electron chi connectivity index (χ1n) is 9.01. The van der Waals surface area contributed by atoms with Crippen LogP contribution in [0.3, 0.4) is 0 Å². The summed E-state index contributed by atoms with van der Waals surface area (Å²) in [7, 11) is 3.39. The zero-order valence-electron chi connectivity index (χ0n) is 16.5. The minimum atomic E-state index is -0.327. The predicted octanol–water partition coefficient (Wildman–Crippen LogP) is 3.69. The van der Waals surface area contributed by atoms with E-state index in [-0.39, 0.29) is 23.0 Å². The molecule has 2 N–H and O–H groups in total. The summed E-state index contributed by atoms with van der Waals surface area (Å²) in [6.07, 6.45) is 0.951. The number of carbonyl (C=O) groups is 2. The van der Waals surface area contributed by atoms with Crippen molar-refractivity contribution < 1.29 is 14.3 Å². The Balaban J connectivity index is 1.96. The number of ether oxygens (including phenoxy) is 1. The van der Waals surface area contributed by atoms with Gasteiger partial charge in [0.2, 0.25) is 0 Å². The summed E-state index contributed by atoms with van der Waals surface area (Å²) in [6, 6.07) is 13.8. The van der Waals surface area contributed by atoms with Crippen LogP contribution in [-0.2, 0) is 0 Å². The van der Waals surface area contributed by atoms with E-state index in [2.05, 4.69) is 10.6 Å². The molecule has 2 amide bonds. The third-order valence-corrected chi connectivity index (χ3v) is 4.24. The molecule has 0 heterocycles. The van der Waals surface area contributed by atoms with Crippen LogP contribution >= 0.6 is 12.2 Å². The Morgan fingerprint density at radius 1 is 1.11 bits per heavy atom. The summed E-state index contributed by atoms with van der Waals surface area (Å²) in [5, 5.41) is 5.75. The van der Waals surface area contributed by atoms with Crippen molar-refractivity contribution in [3.8, 4) is 5.75 Å². The fraction of sp³-hybridized carbons (Fsp3) is 0.286. The number of anilines is 1. The van der Waals surface area contributed by atoms with Gasteiger partial charge in [0.05, 0.1) is 6.10 Å². The van der Waals surface area contributed by atoms with Gasteiger partial charge in [0.25, 0.3) is 11.8 Å². The normalized spacial score (nSPS) is 11.3. The van der Waals surface area contributed by atoms with Crippen LogP contribution in [0.4, 0.5) is 5.69 Å². The lowest BCUT2D eigenvalue weighted by Crippen LogP contribution is -2.34. The minimum absolute atomic E-state index is 0.0726. The monoisotopic (exact) mass is 399 g/mol. The highest BCUT2D eigenvalue weighted by Crippen LogP contribution is 2.16. The molecule has 6 nitrogen and oxygen atoms in total. The number of nitrogens with zero attached hydrogens (tertiary/aromatic N) is 1. The molecule has 28 heavy (non-hydrogen) atoms. The van der Waals surface area contributed by atoms with Gasteiger partial charge in [0.1, 0.15) is 5.75 Å². The van der Waals surface area contributed by atoms with Crippen LogP contribution in [0.1, 0.15) is 41.0 Å². The Labute approximate surface area is 170 Å². The van der Waals surface area contributed by atoms with Gasteiger partial charge in [0, 0.05) is 30.9 Å². The molecule has 0 fully saturated rings. The van der Waals surface area contributed by atoms with Crippen molar-refractivity contribution >= 4 is 34.8 Å². The van der Waals surface area contributed by atoms with E-state index >= 15 is 0 Å². The largest absolute Gasteiger partial charge is 0.491 e. The highest BCUT2D eigenvalue weighted by Gasteiger charge is 2.11. The van der Waals surface area contributed by atoms with Gasteiger partial charge in [-0.25, -0.2) is 0 Å². The summed E-state index contributed by atoms with van der Waals surface area (Å²) in [6.45, 7) is 4.01. The van der Waals surface area contributed by atoms with E-state index in [1.54, 1.807) is 56.6 Å². The number of benzene rings is 2. The number of thiocarbonyl (C=S) groups is 1. The van der Waals surface area contributed by atoms with Crippen LogP contribution in [0.2, 0.25) is 0 Å². The Morgan fingerprint density at radius 2 is 1.79 bits per heavy atom. The molecular weight excluding hydrogens is 374 g/mol. The van der Waals surface area contributed by atoms with E-state index < -0.39 is 0 Å². The molecule has 0 spiro atoms. The average molecular weight is 400 g/mol. The first kappa shape index (κ1) is 21.4. The predicted molar refractivity (Wildman–Crippen MR) is 115 cm³/mol. The van der Waals surface area contributed by atoms with Crippen LogP contribution in [0.25, 0.3) is 0 Å². The maximum atomic E-state index is 12.4. The lowest BCUT2D eigenvalue weighted by Gasteiger charge is -2.14. The standard InChI is InChI=1S/C21H25N3O3S/c1-5-14(2)27-18-8-6-7-16(13-18)19(25)23-21(28)22-17-11-9-15(10-12-17)20(26)24(3)4/h6-14H,5H2,1-4H3,(H2,22,23,25,28). The van der Waals surface area contributed by atoms with Gasteiger partial charge in [-0.3, -0.25) is 14.9 Å². The lowest BCUT2D eigenvalue weighted by molar-refractivity contribution is 0.0827. The van der Waals surface area contributed by atoms with E-state index in [0.29, 0.717) is 22.6 Å². The fourth-order valence-corrected chi connectivity index (χ4v) is 2.53. The zero-order valence-corrected chi connectivity index (χ0v) is 17.3. The molecule has 7 heteroatoms. The molecule has 0 saturated heterocycles. The van der Waals surface area contributed by atoms with Gasteiger partial charge in [-0.15, -0.1) is 0 Å². The van der Waals surface area contributed by atoms with Crippen molar-refractivity contribution in [1.82, 2.24) is 10.2 Å². The molecular formula is C21H25N3O3S. The highest BCUT2D eigenvalue weighted by molar-refractivity contribution is 7.80. The molecule has 0 bridgehead atoms.